The first-order valence-electron chi connectivity index (χ1n) is 4.13. The molecule has 0 aliphatic heterocycles. The van der Waals surface area contributed by atoms with Crippen molar-refractivity contribution in [3.05, 3.63) is 23.9 Å². The number of methoxy groups -OCH3 is 1. The molecular weight excluding hydrogens is 168 g/mol. The zero-order valence-electron chi connectivity index (χ0n) is 7.60. The number of aliphatic hydroxyl groups is 1. The summed E-state index contributed by atoms with van der Waals surface area (Å²) in [6.45, 7) is 0.396. The van der Waals surface area contributed by atoms with Gasteiger partial charge < -0.3 is 15.6 Å². The third-order valence-corrected chi connectivity index (χ3v) is 1.88. The van der Waals surface area contributed by atoms with E-state index in [1.807, 2.05) is 12.1 Å². The van der Waals surface area contributed by atoms with Crippen molar-refractivity contribution in [3.8, 4) is 5.88 Å². The van der Waals surface area contributed by atoms with Gasteiger partial charge in [0.2, 0.25) is 5.88 Å². The highest BCUT2D eigenvalue weighted by Crippen LogP contribution is 2.14. The van der Waals surface area contributed by atoms with Gasteiger partial charge in [-0.25, -0.2) is 4.98 Å². The number of ether oxygens (including phenoxy) is 1. The molecule has 1 aromatic heterocycles. The molecule has 0 aromatic carbocycles. The lowest BCUT2D eigenvalue weighted by atomic mass is 10.1. The molecule has 72 valence electrons. The van der Waals surface area contributed by atoms with Crippen LogP contribution in [0.15, 0.2) is 18.2 Å². The first-order valence-corrected chi connectivity index (χ1v) is 4.13. The van der Waals surface area contributed by atoms with Gasteiger partial charge in [0.15, 0.2) is 0 Å². The average molecular weight is 182 g/mol. The summed E-state index contributed by atoms with van der Waals surface area (Å²) in [5.41, 5.74) is 6.23. The molecular formula is C9H14N2O2. The van der Waals surface area contributed by atoms with Crippen molar-refractivity contribution >= 4 is 0 Å². The molecule has 1 heterocycles. The SMILES string of the molecule is COc1cccc(C(CN)CO)n1. The van der Waals surface area contributed by atoms with E-state index in [9.17, 15) is 0 Å². The van der Waals surface area contributed by atoms with Gasteiger partial charge in [-0.15, -0.1) is 0 Å². The molecule has 3 N–H and O–H groups in total. The largest absolute Gasteiger partial charge is 0.481 e. The van der Waals surface area contributed by atoms with Crippen LogP contribution >= 0.6 is 0 Å². The fraction of sp³-hybridized carbons (Fsp3) is 0.444. The van der Waals surface area contributed by atoms with E-state index in [0.717, 1.165) is 5.69 Å². The monoisotopic (exact) mass is 182 g/mol. The first kappa shape index (κ1) is 9.95. The summed E-state index contributed by atoms with van der Waals surface area (Å²) in [6, 6.07) is 5.42. The number of pyridine rings is 1. The molecule has 1 rings (SSSR count). The highest BCUT2D eigenvalue weighted by Gasteiger charge is 2.09. The Morgan fingerprint density at radius 1 is 1.62 bits per heavy atom. The van der Waals surface area contributed by atoms with E-state index in [2.05, 4.69) is 4.98 Å². The molecule has 0 fully saturated rings. The molecule has 1 atom stereocenters. The number of hydrogen-bond acceptors (Lipinski definition) is 4. The van der Waals surface area contributed by atoms with Gasteiger partial charge in [0.1, 0.15) is 0 Å². The van der Waals surface area contributed by atoms with Crippen LogP contribution in [0.1, 0.15) is 11.6 Å². The Morgan fingerprint density at radius 2 is 2.38 bits per heavy atom. The van der Waals surface area contributed by atoms with Gasteiger partial charge in [0.05, 0.1) is 19.4 Å². The van der Waals surface area contributed by atoms with E-state index < -0.39 is 0 Å². The molecule has 0 aliphatic rings. The van der Waals surface area contributed by atoms with Crippen LogP contribution in [0.4, 0.5) is 0 Å². The lowest BCUT2D eigenvalue weighted by molar-refractivity contribution is 0.264. The molecule has 0 saturated heterocycles. The van der Waals surface area contributed by atoms with Gasteiger partial charge in [-0.05, 0) is 6.07 Å². The average Bonchev–Trinajstić information content (AvgIpc) is 2.20. The molecule has 1 unspecified atom stereocenters. The second-order valence-electron chi connectivity index (χ2n) is 2.72. The summed E-state index contributed by atoms with van der Waals surface area (Å²) in [6.07, 6.45) is 0. The van der Waals surface area contributed by atoms with Gasteiger partial charge in [-0.1, -0.05) is 6.07 Å². The van der Waals surface area contributed by atoms with E-state index in [4.69, 9.17) is 15.6 Å². The summed E-state index contributed by atoms with van der Waals surface area (Å²) in [5.74, 6) is 0.444. The van der Waals surface area contributed by atoms with E-state index in [0.29, 0.717) is 12.4 Å². The number of aliphatic hydroxyl groups excluding tert-OH is 1. The Morgan fingerprint density at radius 3 is 2.92 bits per heavy atom. The highest BCUT2D eigenvalue weighted by atomic mass is 16.5. The third kappa shape index (κ3) is 2.40. The van der Waals surface area contributed by atoms with Crippen LogP contribution in [0.25, 0.3) is 0 Å². The van der Waals surface area contributed by atoms with Crippen LogP contribution in [-0.4, -0.2) is 30.4 Å². The maximum atomic E-state index is 8.98. The minimum Gasteiger partial charge on any atom is -0.481 e. The quantitative estimate of drug-likeness (QED) is 0.694. The zero-order chi connectivity index (χ0) is 9.68. The summed E-state index contributed by atoms with van der Waals surface area (Å²) in [5, 5.41) is 8.98. The smallest absolute Gasteiger partial charge is 0.213 e. The Bertz CT molecular complexity index is 262. The lowest BCUT2D eigenvalue weighted by Gasteiger charge is -2.11. The minimum atomic E-state index is -0.102. The number of nitrogens with two attached hydrogens (primary N) is 1. The first-order chi connectivity index (χ1) is 6.31. The van der Waals surface area contributed by atoms with Crippen molar-refractivity contribution in [2.45, 2.75) is 5.92 Å². The molecule has 0 spiro atoms. The fourth-order valence-electron chi connectivity index (χ4n) is 1.06. The predicted octanol–water partition coefficient (Wildman–Crippen LogP) is 0.125. The molecule has 0 bridgehead atoms. The Labute approximate surface area is 77.4 Å². The highest BCUT2D eigenvalue weighted by molar-refractivity contribution is 5.18. The van der Waals surface area contributed by atoms with E-state index in [-0.39, 0.29) is 12.5 Å². The molecule has 4 heteroatoms. The van der Waals surface area contributed by atoms with Crippen LogP contribution in [0.5, 0.6) is 5.88 Å². The molecule has 0 saturated carbocycles. The van der Waals surface area contributed by atoms with Gasteiger partial charge in [-0.3, -0.25) is 0 Å². The molecule has 0 amide bonds. The lowest BCUT2D eigenvalue weighted by Crippen LogP contribution is -2.17. The van der Waals surface area contributed by atoms with Gasteiger partial charge in [-0.2, -0.15) is 0 Å². The topological polar surface area (TPSA) is 68.4 Å². The van der Waals surface area contributed by atoms with Crippen LogP contribution in [-0.2, 0) is 0 Å². The molecule has 4 nitrogen and oxygen atoms in total. The van der Waals surface area contributed by atoms with E-state index in [1.165, 1.54) is 0 Å². The van der Waals surface area contributed by atoms with Crippen molar-refractivity contribution in [1.82, 2.24) is 4.98 Å². The Kier molecular flexibility index (Phi) is 3.67. The minimum absolute atomic E-state index is 0.0106. The number of nitrogens with zero attached hydrogens (tertiary/aromatic N) is 1. The maximum Gasteiger partial charge on any atom is 0.213 e. The second-order valence-corrected chi connectivity index (χ2v) is 2.72. The van der Waals surface area contributed by atoms with Gasteiger partial charge in [0.25, 0.3) is 0 Å². The van der Waals surface area contributed by atoms with Crippen molar-refractivity contribution in [2.24, 2.45) is 5.73 Å². The van der Waals surface area contributed by atoms with Gasteiger partial charge >= 0.3 is 0 Å². The molecule has 0 aliphatic carbocycles. The standard InChI is InChI=1S/C9H14N2O2/c1-13-9-4-2-3-8(11-9)7(5-10)6-12/h2-4,7,12H,5-6,10H2,1H3. The molecule has 0 radical (unpaired) electrons. The van der Waals surface area contributed by atoms with Crippen LogP contribution in [0.3, 0.4) is 0 Å². The maximum absolute atomic E-state index is 8.98. The van der Waals surface area contributed by atoms with Crippen molar-refractivity contribution < 1.29 is 9.84 Å². The summed E-state index contributed by atoms with van der Waals surface area (Å²) < 4.78 is 4.96. The van der Waals surface area contributed by atoms with Crippen molar-refractivity contribution in [3.63, 3.8) is 0 Å². The van der Waals surface area contributed by atoms with E-state index >= 15 is 0 Å². The number of rotatable bonds is 4. The fourth-order valence-corrected chi connectivity index (χ4v) is 1.06. The number of aromatic nitrogens is 1. The third-order valence-electron chi connectivity index (χ3n) is 1.88. The van der Waals surface area contributed by atoms with Gasteiger partial charge in [0, 0.05) is 18.5 Å². The summed E-state index contributed by atoms with van der Waals surface area (Å²) >= 11 is 0. The second kappa shape index (κ2) is 4.79. The Hall–Kier alpha value is -1.13. The van der Waals surface area contributed by atoms with Crippen LogP contribution < -0.4 is 10.5 Å². The summed E-state index contributed by atoms with van der Waals surface area (Å²) in [7, 11) is 1.56. The molecule has 13 heavy (non-hydrogen) atoms. The summed E-state index contributed by atoms with van der Waals surface area (Å²) in [4.78, 5) is 4.17. The van der Waals surface area contributed by atoms with E-state index in [1.54, 1.807) is 13.2 Å². The van der Waals surface area contributed by atoms with Crippen LogP contribution in [0.2, 0.25) is 0 Å². The van der Waals surface area contributed by atoms with Crippen LogP contribution in [0, 0.1) is 0 Å². The van der Waals surface area contributed by atoms with Crippen molar-refractivity contribution in [1.29, 1.82) is 0 Å². The normalized spacial score (nSPS) is 12.5. The Balaban J connectivity index is 2.86. The zero-order valence-corrected chi connectivity index (χ0v) is 7.60. The van der Waals surface area contributed by atoms with Crippen molar-refractivity contribution in [2.75, 3.05) is 20.3 Å². The predicted molar refractivity (Wildman–Crippen MR) is 49.7 cm³/mol. The number of hydrogen-bond donors (Lipinski definition) is 2. The molecule has 1 aromatic rings.